The molecule has 0 aliphatic carbocycles. The second-order valence-electron chi connectivity index (χ2n) is 8.53. The first kappa shape index (κ1) is 20.2. The van der Waals surface area contributed by atoms with Crippen molar-refractivity contribution in [2.24, 2.45) is 5.92 Å². The van der Waals surface area contributed by atoms with Crippen LogP contribution >= 0.6 is 0 Å². The van der Waals surface area contributed by atoms with Crippen molar-refractivity contribution in [1.82, 2.24) is 9.80 Å². The first-order valence-corrected chi connectivity index (χ1v) is 10.7. The van der Waals surface area contributed by atoms with Crippen molar-refractivity contribution >= 4 is 23.9 Å². The minimum absolute atomic E-state index is 0.0414. The van der Waals surface area contributed by atoms with Gasteiger partial charge >= 0.3 is 5.97 Å². The van der Waals surface area contributed by atoms with Gasteiger partial charge in [0, 0.05) is 43.2 Å². The van der Waals surface area contributed by atoms with E-state index < -0.39 is 12.0 Å². The number of allylic oxidation sites excluding steroid dienone is 2. The average Bonchev–Trinajstić information content (AvgIpc) is 3.15. The molecule has 32 heavy (non-hydrogen) atoms. The number of likely N-dealkylation sites (tertiary alicyclic amines) is 1. The normalized spacial score (nSPS) is 24.0. The number of pyridine rings is 1. The highest BCUT2D eigenvalue weighted by molar-refractivity contribution is 6.02. The molecule has 3 atom stereocenters. The molecule has 7 heteroatoms. The molecule has 1 N–H and O–H groups in total. The Kier molecular flexibility index (Phi) is 4.89. The number of amides is 2. The Morgan fingerprint density at radius 1 is 1.12 bits per heavy atom. The number of aromatic nitrogens is 1. The molecule has 2 amide bonds. The smallest absolute Gasteiger partial charge is 0.352 e. The zero-order valence-corrected chi connectivity index (χ0v) is 17.7. The Bertz CT molecular complexity index is 1170. The summed E-state index contributed by atoms with van der Waals surface area (Å²) < 4.78 is 2.09. The molecule has 1 aromatic heterocycles. The van der Waals surface area contributed by atoms with Gasteiger partial charge in [-0.25, -0.2) is 4.79 Å². The monoisotopic (exact) mass is 430 g/mol. The van der Waals surface area contributed by atoms with Crippen LogP contribution in [0.2, 0.25) is 0 Å². The van der Waals surface area contributed by atoms with E-state index >= 15 is 0 Å². The van der Waals surface area contributed by atoms with Crippen molar-refractivity contribution in [2.45, 2.75) is 32.0 Å². The number of aliphatic carboxylic acids is 1. The highest BCUT2D eigenvalue weighted by atomic mass is 16.4. The first-order valence-electron chi connectivity index (χ1n) is 10.7. The van der Waals surface area contributed by atoms with Gasteiger partial charge in [-0.1, -0.05) is 36.4 Å². The van der Waals surface area contributed by atoms with Gasteiger partial charge in [-0.05, 0) is 18.1 Å². The molecule has 2 unspecified atom stereocenters. The first-order chi connectivity index (χ1) is 15.5. The average molecular weight is 430 g/mol. The molecule has 3 aliphatic heterocycles. The van der Waals surface area contributed by atoms with Gasteiger partial charge in [-0.2, -0.15) is 4.57 Å². The fourth-order valence-electron chi connectivity index (χ4n) is 5.20. The largest absolute Gasteiger partial charge is 0.477 e. The minimum atomic E-state index is -1.11. The number of carboxylic acids is 1. The molecule has 7 nitrogen and oxygen atoms in total. The lowest BCUT2D eigenvalue weighted by Gasteiger charge is -2.49. The van der Waals surface area contributed by atoms with E-state index in [9.17, 15) is 19.5 Å². The molecule has 2 fully saturated rings. The lowest BCUT2D eigenvalue weighted by molar-refractivity contribution is -0.690. The van der Waals surface area contributed by atoms with E-state index in [4.69, 9.17) is 0 Å². The maximum absolute atomic E-state index is 12.8. The highest BCUT2D eigenvalue weighted by Crippen LogP contribution is 2.47. The summed E-state index contributed by atoms with van der Waals surface area (Å²) in [6.07, 6.45) is 6.23. The number of benzene rings is 1. The van der Waals surface area contributed by atoms with Gasteiger partial charge in [0.05, 0.1) is 6.04 Å². The Balaban J connectivity index is 1.47. The Labute approximate surface area is 185 Å². The molecular weight excluding hydrogens is 406 g/mol. The number of β-lactam (4-membered cyclic amide) rings is 1. The summed E-state index contributed by atoms with van der Waals surface area (Å²) in [6, 6.07) is 15.2. The van der Waals surface area contributed by atoms with Crippen LogP contribution in [0.4, 0.5) is 0 Å². The van der Waals surface area contributed by atoms with Crippen LogP contribution in [0.1, 0.15) is 24.6 Å². The van der Waals surface area contributed by atoms with E-state index in [0.717, 1.165) is 11.3 Å². The van der Waals surface area contributed by atoms with Crippen LogP contribution < -0.4 is 4.57 Å². The van der Waals surface area contributed by atoms with Gasteiger partial charge in [0.15, 0.2) is 12.7 Å². The minimum Gasteiger partial charge on any atom is -0.477 e. The van der Waals surface area contributed by atoms with Gasteiger partial charge in [-0.15, -0.1) is 0 Å². The highest BCUT2D eigenvalue weighted by Gasteiger charge is 2.63. The number of carboxylic acid groups (broad SMARTS) is 1. The third-order valence-corrected chi connectivity index (χ3v) is 6.62. The van der Waals surface area contributed by atoms with Crippen molar-refractivity contribution in [2.75, 3.05) is 6.54 Å². The molecule has 3 aliphatic rings. The Morgan fingerprint density at radius 3 is 2.59 bits per heavy atom. The van der Waals surface area contributed by atoms with Crippen LogP contribution in [0.3, 0.4) is 0 Å². The van der Waals surface area contributed by atoms with Crippen LogP contribution in [0, 0.1) is 5.92 Å². The summed E-state index contributed by atoms with van der Waals surface area (Å²) >= 11 is 0. The quantitative estimate of drug-likeness (QED) is 0.580. The van der Waals surface area contributed by atoms with Crippen LogP contribution in [-0.2, 0) is 20.9 Å². The van der Waals surface area contributed by atoms with Gasteiger partial charge < -0.3 is 10.0 Å². The zero-order chi connectivity index (χ0) is 22.4. The van der Waals surface area contributed by atoms with Crippen molar-refractivity contribution in [3.05, 3.63) is 83.3 Å². The molecular formula is C25H24N3O4+. The Morgan fingerprint density at radius 2 is 1.88 bits per heavy atom. The number of carbonyl (C=O) groups excluding carboxylic acids is 2. The summed E-state index contributed by atoms with van der Waals surface area (Å²) in [5, 5.41) is 9.89. The van der Waals surface area contributed by atoms with Crippen LogP contribution in [-0.4, -0.2) is 51.3 Å². The summed E-state index contributed by atoms with van der Waals surface area (Å²) in [4.78, 5) is 39.8. The fraction of sp³-hybridized carbons (Fsp3) is 0.280. The number of nitrogens with zero attached hydrogens (tertiary/aromatic N) is 3. The van der Waals surface area contributed by atoms with E-state index in [1.807, 2.05) is 54.7 Å². The topological polar surface area (TPSA) is 81.8 Å². The predicted molar refractivity (Wildman–Crippen MR) is 116 cm³/mol. The molecule has 2 aromatic rings. The maximum Gasteiger partial charge on any atom is 0.352 e. The van der Waals surface area contributed by atoms with Gasteiger partial charge in [0.25, 0.3) is 5.91 Å². The Hall–Kier alpha value is -3.74. The maximum atomic E-state index is 12.8. The van der Waals surface area contributed by atoms with E-state index in [1.165, 1.54) is 11.8 Å². The molecule has 4 heterocycles. The van der Waals surface area contributed by atoms with Crippen LogP contribution in [0.5, 0.6) is 0 Å². The second-order valence-corrected chi connectivity index (χ2v) is 8.53. The molecule has 0 saturated carbocycles. The summed E-state index contributed by atoms with van der Waals surface area (Å²) in [7, 11) is 0. The number of rotatable bonds is 5. The lowest BCUT2D eigenvalue weighted by atomic mass is 9.79. The van der Waals surface area contributed by atoms with E-state index in [2.05, 4.69) is 16.7 Å². The lowest BCUT2D eigenvalue weighted by Crippen LogP contribution is -2.69. The standard InChI is InChI=1S/C25H23N3O4/c1-16(29)27-15-19-13-18(22(25(31)32)28-21(19)23(27)24(28)30)10-11-20-9-5-6-12-26(20)14-17-7-3-2-4-8-17/h2-12,19,21,23H,13-15H2,1H3/p+1/t19?,21-,23?/m1/s1. The molecule has 162 valence electrons. The zero-order valence-electron chi connectivity index (χ0n) is 17.7. The van der Waals surface area contributed by atoms with E-state index in [1.54, 1.807) is 4.90 Å². The van der Waals surface area contributed by atoms with Crippen LogP contribution in [0.25, 0.3) is 6.08 Å². The molecule has 0 radical (unpaired) electrons. The van der Waals surface area contributed by atoms with Crippen molar-refractivity contribution < 1.29 is 24.1 Å². The van der Waals surface area contributed by atoms with Crippen molar-refractivity contribution in [1.29, 1.82) is 0 Å². The number of hydrogen-bond donors (Lipinski definition) is 1. The van der Waals surface area contributed by atoms with E-state index in [0.29, 0.717) is 25.1 Å². The summed E-state index contributed by atoms with van der Waals surface area (Å²) in [5.74, 6) is -1.50. The number of hydrogen-bond acceptors (Lipinski definition) is 3. The van der Waals surface area contributed by atoms with Crippen LogP contribution in [0.15, 0.2) is 72.1 Å². The van der Waals surface area contributed by atoms with Gasteiger partial charge in [0.1, 0.15) is 11.7 Å². The van der Waals surface area contributed by atoms with E-state index in [-0.39, 0.29) is 29.5 Å². The molecule has 2 saturated heterocycles. The third-order valence-electron chi connectivity index (χ3n) is 6.62. The van der Waals surface area contributed by atoms with Gasteiger partial charge in [-0.3, -0.25) is 14.5 Å². The summed E-state index contributed by atoms with van der Waals surface area (Å²) in [6.45, 7) is 2.63. The predicted octanol–water partition coefficient (Wildman–Crippen LogP) is 1.84. The number of carbonyl (C=O) groups is 3. The SMILES string of the molecule is CC(=O)N1CC2CC(C=Cc3cccc[n+]3Cc3ccccc3)=C(C(=O)O)N3C(=O)C1[C@@H]23. The summed E-state index contributed by atoms with van der Waals surface area (Å²) in [5.41, 5.74) is 2.75. The molecule has 0 spiro atoms. The molecule has 0 bridgehead atoms. The van der Waals surface area contributed by atoms with Gasteiger partial charge in [0.2, 0.25) is 11.6 Å². The molecule has 1 aromatic carbocycles. The second kappa shape index (κ2) is 7.75. The fourth-order valence-corrected chi connectivity index (χ4v) is 5.20. The molecule has 5 rings (SSSR count). The van der Waals surface area contributed by atoms with Crippen molar-refractivity contribution in [3.8, 4) is 0 Å². The van der Waals surface area contributed by atoms with Crippen molar-refractivity contribution in [3.63, 3.8) is 0 Å². The third kappa shape index (κ3) is 3.21.